The second-order valence-electron chi connectivity index (χ2n) is 3.66. The molecule has 0 aromatic heterocycles. The van der Waals surface area contributed by atoms with Crippen molar-refractivity contribution >= 4 is 5.69 Å². The van der Waals surface area contributed by atoms with E-state index in [1.807, 2.05) is 42.5 Å². The van der Waals surface area contributed by atoms with E-state index >= 15 is 0 Å². The number of nitrogens with zero attached hydrogens (tertiary/aromatic N) is 2. The lowest BCUT2D eigenvalue weighted by molar-refractivity contribution is 0.949. The number of hydrogen-bond donors (Lipinski definition) is 0. The number of aryl methyl sites for hydroxylation is 1. The van der Waals surface area contributed by atoms with E-state index in [4.69, 9.17) is 0 Å². The Bertz CT molecular complexity index is 475. The minimum atomic E-state index is 0.640. The Balaban J connectivity index is 2.03. The Hall–Kier alpha value is -1.96. The first-order valence-corrected chi connectivity index (χ1v) is 5.33. The molecule has 0 aliphatic heterocycles. The predicted molar refractivity (Wildman–Crippen MR) is 65.8 cm³/mol. The quantitative estimate of drug-likeness (QED) is 0.675. The van der Waals surface area contributed by atoms with Gasteiger partial charge < -0.3 is 0 Å². The van der Waals surface area contributed by atoms with Gasteiger partial charge in [0, 0.05) is 0 Å². The zero-order valence-electron chi connectivity index (χ0n) is 9.30. The third-order valence-electron chi connectivity index (χ3n) is 2.44. The van der Waals surface area contributed by atoms with Crippen LogP contribution in [-0.2, 0) is 6.54 Å². The second kappa shape index (κ2) is 5.21. The van der Waals surface area contributed by atoms with Crippen LogP contribution in [0.3, 0.4) is 0 Å². The molecule has 16 heavy (non-hydrogen) atoms. The van der Waals surface area contributed by atoms with Crippen molar-refractivity contribution in [3.8, 4) is 0 Å². The third-order valence-corrected chi connectivity index (χ3v) is 2.44. The van der Waals surface area contributed by atoms with Crippen molar-refractivity contribution in [2.45, 2.75) is 13.5 Å². The minimum Gasteiger partial charge on any atom is -0.184 e. The van der Waals surface area contributed by atoms with Crippen LogP contribution >= 0.6 is 0 Å². The van der Waals surface area contributed by atoms with Gasteiger partial charge in [0.15, 0.2) is 0 Å². The van der Waals surface area contributed by atoms with E-state index in [-0.39, 0.29) is 0 Å². The fourth-order valence-corrected chi connectivity index (χ4v) is 1.48. The van der Waals surface area contributed by atoms with Crippen LogP contribution in [0.1, 0.15) is 11.1 Å². The Morgan fingerprint density at radius 2 is 1.56 bits per heavy atom. The fourth-order valence-electron chi connectivity index (χ4n) is 1.48. The molecular weight excluding hydrogens is 196 g/mol. The molecule has 0 unspecified atom stereocenters. The molecule has 0 radical (unpaired) electrons. The molecule has 0 saturated carbocycles. The number of rotatable bonds is 3. The maximum absolute atomic E-state index is 4.20. The van der Waals surface area contributed by atoms with Gasteiger partial charge in [-0.25, -0.2) is 0 Å². The maximum Gasteiger partial charge on any atom is 0.0856 e. The molecule has 0 aliphatic carbocycles. The van der Waals surface area contributed by atoms with Crippen LogP contribution in [0.25, 0.3) is 0 Å². The van der Waals surface area contributed by atoms with Gasteiger partial charge >= 0.3 is 0 Å². The number of hydrogen-bond acceptors (Lipinski definition) is 2. The van der Waals surface area contributed by atoms with E-state index in [1.54, 1.807) is 0 Å². The van der Waals surface area contributed by atoms with Crippen LogP contribution in [0.15, 0.2) is 64.8 Å². The molecule has 2 heteroatoms. The third kappa shape index (κ3) is 2.76. The van der Waals surface area contributed by atoms with Gasteiger partial charge in [-0.05, 0) is 30.2 Å². The molecule has 0 atom stereocenters. The summed E-state index contributed by atoms with van der Waals surface area (Å²) in [5, 5.41) is 8.37. The summed E-state index contributed by atoms with van der Waals surface area (Å²) in [6, 6.07) is 18.0. The SMILES string of the molecule is Cc1ccccc1CN=Nc1ccccc1. The summed E-state index contributed by atoms with van der Waals surface area (Å²) in [4.78, 5) is 0. The highest BCUT2D eigenvalue weighted by Gasteiger charge is 1.94. The van der Waals surface area contributed by atoms with Gasteiger partial charge in [-0.2, -0.15) is 10.2 Å². The molecule has 2 rings (SSSR count). The van der Waals surface area contributed by atoms with Gasteiger partial charge in [-0.15, -0.1) is 0 Å². The summed E-state index contributed by atoms with van der Waals surface area (Å²) in [7, 11) is 0. The van der Waals surface area contributed by atoms with Crippen molar-refractivity contribution in [3.63, 3.8) is 0 Å². The summed E-state index contributed by atoms with van der Waals surface area (Å²) in [5.74, 6) is 0. The minimum absolute atomic E-state index is 0.640. The molecule has 0 fully saturated rings. The van der Waals surface area contributed by atoms with Gasteiger partial charge in [0.25, 0.3) is 0 Å². The van der Waals surface area contributed by atoms with Crippen LogP contribution in [0.4, 0.5) is 5.69 Å². The van der Waals surface area contributed by atoms with Crippen molar-refractivity contribution < 1.29 is 0 Å². The second-order valence-corrected chi connectivity index (χ2v) is 3.66. The lowest BCUT2D eigenvalue weighted by atomic mass is 10.1. The summed E-state index contributed by atoms with van der Waals surface area (Å²) in [5.41, 5.74) is 3.38. The lowest BCUT2D eigenvalue weighted by Gasteiger charge is -1.99. The summed E-state index contributed by atoms with van der Waals surface area (Å²) < 4.78 is 0. The van der Waals surface area contributed by atoms with Crippen molar-refractivity contribution in [2.75, 3.05) is 0 Å². The van der Waals surface area contributed by atoms with E-state index in [9.17, 15) is 0 Å². The average Bonchev–Trinajstić information content (AvgIpc) is 2.33. The maximum atomic E-state index is 4.20. The first-order chi connectivity index (χ1) is 7.86. The van der Waals surface area contributed by atoms with Gasteiger partial charge in [0.2, 0.25) is 0 Å². The number of benzene rings is 2. The monoisotopic (exact) mass is 210 g/mol. The molecule has 2 nitrogen and oxygen atoms in total. The molecule has 80 valence electrons. The van der Waals surface area contributed by atoms with Gasteiger partial charge in [-0.3, -0.25) is 0 Å². The number of azo groups is 1. The topological polar surface area (TPSA) is 24.7 Å². The normalized spacial score (nSPS) is 10.8. The van der Waals surface area contributed by atoms with Crippen LogP contribution in [0.5, 0.6) is 0 Å². The van der Waals surface area contributed by atoms with E-state index in [2.05, 4.69) is 29.3 Å². The highest BCUT2D eigenvalue weighted by Crippen LogP contribution is 2.13. The van der Waals surface area contributed by atoms with E-state index in [1.165, 1.54) is 11.1 Å². The van der Waals surface area contributed by atoms with Crippen molar-refractivity contribution in [2.24, 2.45) is 10.2 Å². The molecule has 0 saturated heterocycles. The molecule has 2 aromatic carbocycles. The summed E-state index contributed by atoms with van der Waals surface area (Å²) in [6.07, 6.45) is 0. The van der Waals surface area contributed by atoms with Gasteiger partial charge in [0.05, 0.1) is 12.2 Å². The lowest BCUT2D eigenvalue weighted by Crippen LogP contribution is -1.84. The molecular formula is C14H14N2. The first-order valence-electron chi connectivity index (χ1n) is 5.33. The molecule has 0 aliphatic rings. The Labute approximate surface area is 95.7 Å². The Kier molecular flexibility index (Phi) is 3.44. The molecule has 0 spiro atoms. The molecule has 0 bridgehead atoms. The van der Waals surface area contributed by atoms with E-state index in [0.717, 1.165) is 5.69 Å². The molecule has 0 heterocycles. The van der Waals surface area contributed by atoms with Gasteiger partial charge in [-0.1, -0.05) is 42.5 Å². The van der Waals surface area contributed by atoms with Crippen LogP contribution in [0, 0.1) is 6.92 Å². The zero-order chi connectivity index (χ0) is 11.2. The van der Waals surface area contributed by atoms with E-state index < -0.39 is 0 Å². The average molecular weight is 210 g/mol. The van der Waals surface area contributed by atoms with Crippen molar-refractivity contribution in [1.29, 1.82) is 0 Å². The summed E-state index contributed by atoms with van der Waals surface area (Å²) in [6.45, 7) is 2.73. The van der Waals surface area contributed by atoms with Crippen LogP contribution < -0.4 is 0 Å². The van der Waals surface area contributed by atoms with Crippen LogP contribution in [0.2, 0.25) is 0 Å². The summed E-state index contributed by atoms with van der Waals surface area (Å²) >= 11 is 0. The predicted octanol–water partition coefficient (Wildman–Crippen LogP) is 4.28. The fraction of sp³-hybridized carbons (Fsp3) is 0.143. The van der Waals surface area contributed by atoms with Crippen molar-refractivity contribution in [1.82, 2.24) is 0 Å². The van der Waals surface area contributed by atoms with Gasteiger partial charge in [0.1, 0.15) is 0 Å². The molecule has 2 aromatic rings. The van der Waals surface area contributed by atoms with Crippen molar-refractivity contribution in [3.05, 3.63) is 65.7 Å². The Morgan fingerprint density at radius 3 is 2.31 bits per heavy atom. The first kappa shape index (κ1) is 10.6. The van der Waals surface area contributed by atoms with Crippen LogP contribution in [-0.4, -0.2) is 0 Å². The Morgan fingerprint density at radius 1 is 0.875 bits per heavy atom. The standard InChI is InChI=1S/C14H14N2/c1-12-7-5-6-8-13(12)11-15-16-14-9-3-2-4-10-14/h2-10H,11H2,1H3. The smallest absolute Gasteiger partial charge is 0.0856 e. The molecule has 0 N–H and O–H groups in total. The highest BCUT2D eigenvalue weighted by molar-refractivity contribution is 5.34. The highest BCUT2D eigenvalue weighted by atomic mass is 15.1. The zero-order valence-corrected chi connectivity index (χ0v) is 9.30. The molecule has 0 amide bonds. The van der Waals surface area contributed by atoms with E-state index in [0.29, 0.717) is 6.54 Å². The largest absolute Gasteiger partial charge is 0.184 e.